The summed E-state index contributed by atoms with van der Waals surface area (Å²) < 4.78 is 10.5. The molecule has 0 aliphatic rings. The van der Waals surface area contributed by atoms with Crippen molar-refractivity contribution < 1.29 is 14.3 Å². The van der Waals surface area contributed by atoms with Crippen molar-refractivity contribution in [3.63, 3.8) is 0 Å². The van der Waals surface area contributed by atoms with Gasteiger partial charge in [-0.2, -0.15) is 5.21 Å². The Balaban J connectivity index is 1.86. The molecule has 8 nitrogen and oxygen atoms in total. The van der Waals surface area contributed by atoms with Gasteiger partial charge >= 0.3 is 0 Å². The maximum atomic E-state index is 11.8. The molecule has 1 aromatic heterocycles. The topological polar surface area (TPSA) is 102 Å². The van der Waals surface area contributed by atoms with E-state index in [1.54, 1.807) is 32.2 Å². The van der Waals surface area contributed by atoms with Gasteiger partial charge in [0.1, 0.15) is 0 Å². The predicted molar refractivity (Wildman–Crippen MR) is 69.2 cm³/mol. The largest absolute Gasteiger partial charge is 0.493 e. The van der Waals surface area contributed by atoms with E-state index in [4.69, 9.17) is 9.47 Å². The van der Waals surface area contributed by atoms with Crippen LogP contribution in [-0.2, 0) is 4.79 Å². The van der Waals surface area contributed by atoms with Crippen molar-refractivity contribution in [1.29, 1.82) is 0 Å². The fourth-order valence-electron chi connectivity index (χ4n) is 1.58. The lowest BCUT2D eigenvalue weighted by Crippen LogP contribution is -2.31. The van der Waals surface area contributed by atoms with E-state index in [-0.39, 0.29) is 18.6 Å². The Labute approximate surface area is 115 Å². The first-order chi connectivity index (χ1) is 9.70. The second-order valence-corrected chi connectivity index (χ2v) is 4.00. The number of nitrogens with zero attached hydrogens (tertiary/aromatic N) is 3. The Kier molecular flexibility index (Phi) is 4.48. The molecule has 1 heterocycles. The Morgan fingerprint density at radius 3 is 2.80 bits per heavy atom. The van der Waals surface area contributed by atoms with Crippen LogP contribution in [0.4, 0.5) is 0 Å². The van der Waals surface area contributed by atoms with E-state index in [0.717, 1.165) is 0 Å². The van der Waals surface area contributed by atoms with E-state index in [2.05, 4.69) is 25.9 Å². The van der Waals surface area contributed by atoms with E-state index in [1.807, 2.05) is 6.07 Å². The third-order valence-corrected chi connectivity index (χ3v) is 2.55. The molecule has 2 rings (SSSR count). The molecule has 0 radical (unpaired) electrons. The highest BCUT2D eigenvalue weighted by Gasteiger charge is 2.14. The Morgan fingerprint density at radius 2 is 2.15 bits per heavy atom. The van der Waals surface area contributed by atoms with E-state index in [1.165, 1.54) is 0 Å². The molecule has 1 atom stereocenters. The summed E-state index contributed by atoms with van der Waals surface area (Å²) in [5, 5.41) is 16.0. The molecular formula is C12H15N5O3. The molecule has 2 aromatic rings. The molecule has 0 bridgehead atoms. The van der Waals surface area contributed by atoms with Gasteiger partial charge in [0.05, 0.1) is 13.2 Å². The first kappa shape index (κ1) is 13.8. The van der Waals surface area contributed by atoms with Crippen LogP contribution in [0.3, 0.4) is 0 Å². The third-order valence-electron chi connectivity index (χ3n) is 2.55. The SMILES string of the molecule is COc1ccccc1OCC(=O)NC(C)c1nn[nH]n1. The Hall–Kier alpha value is -2.64. The van der Waals surface area contributed by atoms with Crippen LogP contribution in [0.15, 0.2) is 24.3 Å². The number of aromatic nitrogens is 4. The van der Waals surface area contributed by atoms with Crippen molar-refractivity contribution in [3.05, 3.63) is 30.1 Å². The highest BCUT2D eigenvalue weighted by Crippen LogP contribution is 2.25. The molecule has 8 heteroatoms. The number of amides is 1. The molecule has 1 unspecified atom stereocenters. The fraction of sp³-hybridized carbons (Fsp3) is 0.333. The second kappa shape index (κ2) is 6.50. The number of methoxy groups -OCH3 is 1. The minimum Gasteiger partial charge on any atom is -0.493 e. The lowest BCUT2D eigenvalue weighted by molar-refractivity contribution is -0.123. The van der Waals surface area contributed by atoms with Crippen molar-refractivity contribution in [1.82, 2.24) is 25.9 Å². The number of para-hydroxylation sites is 2. The molecule has 0 saturated heterocycles. The Bertz CT molecular complexity index is 558. The van der Waals surface area contributed by atoms with E-state index in [9.17, 15) is 4.79 Å². The van der Waals surface area contributed by atoms with Crippen LogP contribution in [0.2, 0.25) is 0 Å². The van der Waals surface area contributed by atoms with Gasteiger partial charge in [0.25, 0.3) is 5.91 Å². The summed E-state index contributed by atoms with van der Waals surface area (Å²) in [4.78, 5) is 11.8. The van der Waals surface area contributed by atoms with Gasteiger partial charge in [-0.25, -0.2) is 0 Å². The minimum absolute atomic E-state index is 0.122. The molecule has 1 aromatic carbocycles. The number of benzene rings is 1. The number of nitrogens with one attached hydrogen (secondary N) is 2. The molecule has 0 fully saturated rings. The van der Waals surface area contributed by atoms with E-state index >= 15 is 0 Å². The number of hydrogen-bond donors (Lipinski definition) is 2. The average molecular weight is 277 g/mol. The van der Waals surface area contributed by atoms with Gasteiger partial charge in [0, 0.05) is 0 Å². The number of ether oxygens (including phenoxy) is 2. The minimum atomic E-state index is -0.345. The number of rotatable bonds is 6. The van der Waals surface area contributed by atoms with Gasteiger partial charge in [-0.15, -0.1) is 10.2 Å². The van der Waals surface area contributed by atoms with Gasteiger partial charge in [-0.1, -0.05) is 17.3 Å². The van der Waals surface area contributed by atoms with Crippen LogP contribution in [0.25, 0.3) is 0 Å². The van der Waals surface area contributed by atoms with Crippen LogP contribution in [0.1, 0.15) is 18.8 Å². The molecule has 2 N–H and O–H groups in total. The van der Waals surface area contributed by atoms with Crippen molar-refractivity contribution in [3.8, 4) is 11.5 Å². The lowest BCUT2D eigenvalue weighted by atomic mass is 10.3. The smallest absolute Gasteiger partial charge is 0.258 e. The summed E-state index contributed by atoms with van der Waals surface area (Å²) in [6.45, 7) is 1.63. The fourth-order valence-corrected chi connectivity index (χ4v) is 1.58. The second-order valence-electron chi connectivity index (χ2n) is 4.00. The molecule has 20 heavy (non-hydrogen) atoms. The molecule has 0 saturated carbocycles. The van der Waals surface area contributed by atoms with Crippen LogP contribution in [0.5, 0.6) is 11.5 Å². The van der Waals surface area contributed by atoms with Gasteiger partial charge in [-0.3, -0.25) is 4.79 Å². The molecule has 0 spiro atoms. The molecule has 106 valence electrons. The quantitative estimate of drug-likeness (QED) is 0.795. The first-order valence-corrected chi connectivity index (χ1v) is 5.99. The highest BCUT2D eigenvalue weighted by molar-refractivity contribution is 5.77. The van der Waals surface area contributed by atoms with Crippen molar-refractivity contribution >= 4 is 5.91 Å². The molecule has 0 aliphatic heterocycles. The van der Waals surface area contributed by atoms with E-state index in [0.29, 0.717) is 17.3 Å². The summed E-state index contributed by atoms with van der Waals surface area (Å²) >= 11 is 0. The number of hydrogen-bond acceptors (Lipinski definition) is 6. The summed E-state index contributed by atoms with van der Waals surface area (Å²) in [6.07, 6.45) is 0. The number of aromatic amines is 1. The summed E-state index contributed by atoms with van der Waals surface area (Å²) in [7, 11) is 1.54. The lowest BCUT2D eigenvalue weighted by Gasteiger charge is -2.12. The number of H-pyrrole nitrogens is 1. The van der Waals surface area contributed by atoms with Crippen LogP contribution >= 0.6 is 0 Å². The van der Waals surface area contributed by atoms with Crippen molar-refractivity contribution in [2.45, 2.75) is 13.0 Å². The normalized spacial score (nSPS) is 11.7. The maximum Gasteiger partial charge on any atom is 0.258 e. The Morgan fingerprint density at radius 1 is 1.40 bits per heavy atom. The summed E-state index contributed by atoms with van der Waals surface area (Å²) in [5.41, 5.74) is 0. The zero-order valence-electron chi connectivity index (χ0n) is 11.2. The van der Waals surface area contributed by atoms with Crippen LogP contribution < -0.4 is 14.8 Å². The summed E-state index contributed by atoms with van der Waals surface area (Å²) in [6, 6.07) is 6.77. The molecular weight excluding hydrogens is 262 g/mol. The first-order valence-electron chi connectivity index (χ1n) is 5.99. The van der Waals surface area contributed by atoms with Crippen LogP contribution in [-0.4, -0.2) is 40.2 Å². The van der Waals surface area contributed by atoms with Gasteiger partial charge in [0.15, 0.2) is 23.9 Å². The monoisotopic (exact) mass is 277 g/mol. The maximum absolute atomic E-state index is 11.8. The van der Waals surface area contributed by atoms with Crippen molar-refractivity contribution in [2.24, 2.45) is 0 Å². The van der Waals surface area contributed by atoms with Gasteiger partial charge in [-0.05, 0) is 19.1 Å². The van der Waals surface area contributed by atoms with Crippen LogP contribution in [0, 0.1) is 0 Å². The molecule has 0 aliphatic carbocycles. The predicted octanol–water partition coefficient (Wildman–Crippen LogP) is 0.464. The number of tetrazole rings is 1. The van der Waals surface area contributed by atoms with Gasteiger partial charge < -0.3 is 14.8 Å². The third kappa shape index (κ3) is 3.44. The number of carbonyl (C=O) groups excluding carboxylic acids is 1. The van der Waals surface area contributed by atoms with Gasteiger partial charge in [0.2, 0.25) is 0 Å². The number of carbonyl (C=O) groups is 1. The van der Waals surface area contributed by atoms with E-state index < -0.39 is 0 Å². The zero-order valence-corrected chi connectivity index (χ0v) is 11.2. The standard InChI is InChI=1S/C12H15N5O3/c1-8(12-14-16-17-15-12)13-11(18)7-20-10-6-4-3-5-9(10)19-2/h3-6,8H,7H2,1-2H3,(H,13,18)(H,14,15,16,17). The summed E-state index contributed by atoms with van der Waals surface area (Å²) in [5.74, 6) is 1.22. The highest BCUT2D eigenvalue weighted by atomic mass is 16.5. The zero-order chi connectivity index (χ0) is 14.4. The van der Waals surface area contributed by atoms with Crippen molar-refractivity contribution in [2.75, 3.05) is 13.7 Å². The average Bonchev–Trinajstić information content (AvgIpc) is 2.99. The molecule has 1 amide bonds.